The van der Waals surface area contributed by atoms with Crippen LogP contribution in [-0.4, -0.2) is 6.10 Å². The van der Waals surface area contributed by atoms with Gasteiger partial charge in [0.25, 0.3) is 0 Å². The SMILES string of the molecule is CC1Cc2c(ccc3c(=O)cc(-c4ccccc4)oc23)O1. The monoisotopic (exact) mass is 278 g/mol. The maximum Gasteiger partial charge on any atom is 0.193 e. The zero-order chi connectivity index (χ0) is 14.4. The minimum Gasteiger partial charge on any atom is -0.490 e. The molecule has 0 saturated carbocycles. The molecule has 1 atom stereocenters. The third-order valence-electron chi connectivity index (χ3n) is 3.84. The van der Waals surface area contributed by atoms with Gasteiger partial charge in [-0.25, -0.2) is 0 Å². The molecule has 0 aliphatic carbocycles. The fourth-order valence-electron chi connectivity index (χ4n) is 2.85. The summed E-state index contributed by atoms with van der Waals surface area (Å²) in [5, 5.41) is 0.617. The van der Waals surface area contributed by atoms with Crippen LogP contribution in [0.25, 0.3) is 22.3 Å². The molecule has 0 N–H and O–H groups in total. The topological polar surface area (TPSA) is 39.4 Å². The first kappa shape index (κ1) is 12.2. The molecule has 3 aromatic rings. The first-order valence-electron chi connectivity index (χ1n) is 7.04. The summed E-state index contributed by atoms with van der Waals surface area (Å²) in [7, 11) is 0. The average molecular weight is 278 g/mol. The number of fused-ring (bicyclic) bond motifs is 3. The van der Waals surface area contributed by atoms with Gasteiger partial charge in [-0.15, -0.1) is 0 Å². The lowest BCUT2D eigenvalue weighted by Crippen LogP contribution is -2.05. The fraction of sp³-hybridized carbons (Fsp3) is 0.167. The molecular weight excluding hydrogens is 264 g/mol. The van der Waals surface area contributed by atoms with E-state index in [0.29, 0.717) is 16.7 Å². The van der Waals surface area contributed by atoms with Gasteiger partial charge in [-0.05, 0) is 19.1 Å². The second kappa shape index (κ2) is 4.48. The molecule has 104 valence electrons. The first-order chi connectivity index (χ1) is 10.2. The van der Waals surface area contributed by atoms with Crippen molar-refractivity contribution in [1.29, 1.82) is 0 Å². The van der Waals surface area contributed by atoms with Crippen molar-refractivity contribution in [2.45, 2.75) is 19.4 Å². The highest BCUT2D eigenvalue weighted by Crippen LogP contribution is 2.35. The molecule has 0 fully saturated rings. The summed E-state index contributed by atoms with van der Waals surface area (Å²) in [6, 6.07) is 14.9. The van der Waals surface area contributed by atoms with Crippen LogP contribution in [0.4, 0.5) is 0 Å². The summed E-state index contributed by atoms with van der Waals surface area (Å²) in [6.07, 6.45) is 0.893. The highest BCUT2D eigenvalue weighted by Gasteiger charge is 2.23. The van der Waals surface area contributed by atoms with Crippen molar-refractivity contribution >= 4 is 11.0 Å². The number of hydrogen-bond donors (Lipinski definition) is 0. The van der Waals surface area contributed by atoms with E-state index < -0.39 is 0 Å². The Bertz CT molecular complexity index is 878. The Morgan fingerprint density at radius 3 is 2.71 bits per heavy atom. The number of benzene rings is 2. The van der Waals surface area contributed by atoms with Crippen LogP contribution in [0.3, 0.4) is 0 Å². The number of hydrogen-bond acceptors (Lipinski definition) is 3. The van der Waals surface area contributed by atoms with Crippen molar-refractivity contribution in [2.75, 3.05) is 0 Å². The molecule has 2 aromatic carbocycles. The maximum absolute atomic E-state index is 12.4. The average Bonchev–Trinajstić information content (AvgIpc) is 2.89. The predicted octanol–water partition coefficient (Wildman–Crippen LogP) is 3.78. The van der Waals surface area contributed by atoms with E-state index in [2.05, 4.69) is 0 Å². The summed E-state index contributed by atoms with van der Waals surface area (Å²) in [5.74, 6) is 1.42. The van der Waals surface area contributed by atoms with Crippen LogP contribution in [0.5, 0.6) is 5.75 Å². The van der Waals surface area contributed by atoms with Crippen LogP contribution in [0.1, 0.15) is 12.5 Å². The van der Waals surface area contributed by atoms with Gasteiger partial charge in [-0.2, -0.15) is 0 Å². The van der Waals surface area contributed by atoms with Gasteiger partial charge in [0.15, 0.2) is 5.43 Å². The van der Waals surface area contributed by atoms with Crippen LogP contribution in [0.15, 0.2) is 57.7 Å². The largest absolute Gasteiger partial charge is 0.490 e. The van der Waals surface area contributed by atoms with E-state index in [1.54, 1.807) is 12.1 Å². The molecule has 4 rings (SSSR count). The third kappa shape index (κ3) is 1.93. The molecule has 0 saturated heterocycles. The fourth-order valence-corrected chi connectivity index (χ4v) is 2.85. The molecule has 1 aromatic heterocycles. The second-order valence-electron chi connectivity index (χ2n) is 5.39. The molecule has 3 nitrogen and oxygen atoms in total. The van der Waals surface area contributed by atoms with Crippen LogP contribution in [0, 0.1) is 0 Å². The van der Waals surface area contributed by atoms with Gasteiger partial charge >= 0.3 is 0 Å². The Kier molecular flexibility index (Phi) is 2.61. The van der Waals surface area contributed by atoms with Gasteiger partial charge in [-0.1, -0.05) is 30.3 Å². The second-order valence-corrected chi connectivity index (χ2v) is 5.39. The first-order valence-corrected chi connectivity index (χ1v) is 7.04. The molecule has 2 heterocycles. The third-order valence-corrected chi connectivity index (χ3v) is 3.84. The van der Waals surface area contributed by atoms with Crippen LogP contribution in [0.2, 0.25) is 0 Å². The van der Waals surface area contributed by atoms with E-state index in [0.717, 1.165) is 23.3 Å². The van der Waals surface area contributed by atoms with Crippen molar-refractivity contribution in [3.8, 4) is 17.1 Å². The van der Waals surface area contributed by atoms with Crippen molar-refractivity contribution in [2.24, 2.45) is 0 Å². The highest BCUT2D eigenvalue weighted by molar-refractivity contribution is 5.84. The van der Waals surface area contributed by atoms with E-state index in [4.69, 9.17) is 9.15 Å². The minimum atomic E-state index is -0.0162. The molecule has 3 heteroatoms. The van der Waals surface area contributed by atoms with Gasteiger partial charge in [0, 0.05) is 23.6 Å². The van der Waals surface area contributed by atoms with Gasteiger partial charge in [0.2, 0.25) is 0 Å². The molecule has 0 amide bonds. The standard InChI is InChI=1S/C18H14O3/c1-11-9-14-16(20-11)8-7-13-15(19)10-17(21-18(13)14)12-5-3-2-4-6-12/h2-8,10-11H,9H2,1H3. The van der Waals surface area contributed by atoms with E-state index in [9.17, 15) is 4.79 Å². The molecule has 1 aliphatic rings. The summed E-state index contributed by atoms with van der Waals surface area (Å²) in [6.45, 7) is 2.02. The molecular formula is C18H14O3. The molecule has 1 aliphatic heterocycles. The quantitative estimate of drug-likeness (QED) is 0.680. The lowest BCUT2D eigenvalue weighted by atomic mass is 10.1. The van der Waals surface area contributed by atoms with E-state index in [-0.39, 0.29) is 11.5 Å². The van der Waals surface area contributed by atoms with Crippen LogP contribution in [-0.2, 0) is 6.42 Å². The lowest BCUT2D eigenvalue weighted by molar-refractivity contribution is 0.254. The predicted molar refractivity (Wildman–Crippen MR) is 81.7 cm³/mol. The maximum atomic E-state index is 12.4. The van der Waals surface area contributed by atoms with Crippen molar-refractivity contribution in [1.82, 2.24) is 0 Å². The van der Waals surface area contributed by atoms with E-state index >= 15 is 0 Å². The van der Waals surface area contributed by atoms with E-state index in [1.807, 2.05) is 43.3 Å². The molecule has 0 spiro atoms. The summed E-state index contributed by atoms with van der Waals surface area (Å²) >= 11 is 0. The van der Waals surface area contributed by atoms with E-state index in [1.165, 1.54) is 0 Å². The normalized spacial score (nSPS) is 16.7. The Morgan fingerprint density at radius 2 is 1.90 bits per heavy atom. The zero-order valence-corrected chi connectivity index (χ0v) is 11.6. The van der Waals surface area contributed by atoms with Gasteiger partial charge in [0.05, 0.1) is 5.39 Å². The zero-order valence-electron chi connectivity index (χ0n) is 11.6. The van der Waals surface area contributed by atoms with Crippen molar-refractivity contribution in [3.05, 3.63) is 64.3 Å². The number of ether oxygens (including phenoxy) is 1. The van der Waals surface area contributed by atoms with Gasteiger partial charge < -0.3 is 9.15 Å². The Hall–Kier alpha value is -2.55. The number of rotatable bonds is 1. The molecule has 1 unspecified atom stereocenters. The Balaban J connectivity index is 2.01. The Morgan fingerprint density at radius 1 is 1.10 bits per heavy atom. The summed E-state index contributed by atoms with van der Waals surface area (Å²) < 4.78 is 11.8. The summed E-state index contributed by atoms with van der Waals surface area (Å²) in [4.78, 5) is 12.4. The van der Waals surface area contributed by atoms with Gasteiger partial charge in [-0.3, -0.25) is 4.79 Å². The van der Waals surface area contributed by atoms with Gasteiger partial charge in [0.1, 0.15) is 23.2 Å². The van der Waals surface area contributed by atoms with Crippen LogP contribution >= 0.6 is 0 Å². The highest BCUT2D eigenvalue weighted by atomic mass is 16.5. The van der Waals surface area contributed by atoms with Crippen molar-refractivity contribution < 1.29 is 9.15 Å². The summed E-state index contributed by atoms with van der Waals surface area (Å²) in [5.41, 5.74) is 2.54. The minimum absolute atomic E-state index is 0.0162. The smallest absolute Gasteiger partial charge is 0.193 e. The molecule has 21 heavy (non-hydrogen) atoms. The molecule has 0 bridgehead atoms. The van der Waals surface area contributed by atoms with Crippen LogP contribution < -0.4 is 10.2 Å². The van der Waals surface area contributed by atoms with Crippen molar-refractivity contribution in [3.63, 3.8) is 0 Å². The Labute approximate surface area is 121 Å². The molecule has 0 radical (unpaired) electrons. The lowest BCUT2D eigenvalue weighted by Gasteiger charge is -2.06.